The molecule has 0 amide bonds. The van der Waals surface area contributed by atoms with Crippen molar-refractivity contribution in [2.45, 2.75) is 20.2 Å². The Morgan fingerprint density at radius 2 is 2.00 bits per heavy atom. The first kappa shape index (κ1) is 11.9. The van der Waals surface area contributed by atoms with E-state index in [1.807, 2.05) is 22.7 Å². The zero-order valence-corrected chi connectivity index (χ0v) is 12.7. The minimum Gasteiger partial charge on any atom is -0.429 e. The minimum atomic E-state index is 0.297. The second-order valence-corrected chi connectivity index (χ2v) is 8.23. The van der Waals surface area contributed by atoms with Crippen LogP contribution in [0.1, 0.15) is 13.8 Å². The molecule has 0 bridgehead atoms. The van der Waals surface area contributed by atoms with Crippen LogP contribution in [-0.2, 0) is 4.65 Å². The summed E-state index contributed by atoms with van der Waals surface area (Å²) in [5, 5.41) is 4.89. The summed E-state index contributed by atoms with van der Waals surface area (Å²) >= 11 is 3.71. The fraction of sp³-hybridized carbons (Fsp3) is 0.333. The van der Waals surface area contributed by atoms with Gasteiger partial charge in [-0.15, -0.1) is 22.7 Å². The smallest absolute Gasteiger partial charge is 0.337 e. The summed E-state index contributed by atoms with van der Waals surface area (Å²) in [4.78, 5) is 0. The number of rotatable bonds is 1. The lowest BCUT2D eigenvalue weighted by atomic mass is 9.59. The molecule has 1 aliphatic heterocycles. The fourth-order valence-electron chi connectivity index (χ4n) is 2.80. The number of fused-ring (bicyclic) bond motifs is 2. The van der Waals surface area contributed by atoms with E-state index in [4.69, 9.17) is 4.65 Å². The molecule has 0 aliphatic carbocycles. The van der Waals surface area contributed by atoms with Crippen molar-refractivity contribution in [2.24, 2.45) is 5.41 Å². The summed E-state index contributed by atoms with van der Waals surface area (Å²) in [6, 6.07) is 9.16. The largest absolute Gasteiger partial charge is 0.429 e. The molecule has 0 saturated carbocycles. The molecule has 0 N–H and O–H groups in total. The highest BCUT2D eigenvalue weighted by Crippen LogP contribution is 2.34. The lowest BCUT2D eigenvalue weighted by molar-refractivity contribution is 0.255. The molecular weight excluding hydrogens is 271 g/mol. The summed E-state index contributed by atoms with van der Waals surface area (Å²) in [5.41, 5.74) is 0.321. The third kappa shape index (κ3) is 2.02. The van der Waals surface area contributed by atoms with Gasteiger partial charge in [-0.25, -0.2) is 0 Å². The van der Waals surface area contributed by atoms with Crippen molar-refractivity contribution in [1.82, 2.24) is 0 Å². The van der Waals surface area contributed by atoms with Crippen molar-refractivity contribution >= 4 is 54.5 Å². The van der Waals surface area contributed by atoms with E-state index in [1.165, 1.54) is 24.9 Å². The third-order valence-electron chi connectivity index (χ3n) is 3.84. The van der Waals surface area contributed by atoms with Crippen LogP contribution in [0.3, 0.4) is 0 Å². The summed E-state index contributed by atoms with van der Waals surface area (Å²) in [5.74, 6) is 0. The Morgan fingerprint density at radius 1 is 1.16 bits per heavy atom. The van der Waals surface area contributed by atoms with Crippen molar-refractivity contribution in [1.29, 1.82) is 0 Å². The second kappa shape index (κ2) is 4.08. The normalized spacial score (nSPS) is 18.7. The molecule has 3 heterocycles. The van der Waals surface area contributed by atoms with Crippen molar-refractivity contribution in [3.63, 3.8) is 0 Å². The van der Waals surface area contributed by atoms with Gasteiger partial charge in [0.15, 0.2) is 0 Å². The zero-order valence-electron chi connectivity index (χ0n) is 11.1. The predicted molar refractivity (Wildman–Crippen MR) is 87.1 cm³/mol. The second-order valence-electron chi connectivity index (χ2n) is 6.17. The summed E-state index contributed by atoms with van der Waals surface area (Å²) in [6.45, 7) is 5.75. The first-order valence-corrected chi connectivity index (χ1v) is 8.33. The Balaban J connectivity index is 1.79. The first-order chi connectivity index (χ1) is 9.11. The molecule has 4 heteroatoms. The summed E-state index contributed by atoms with van der Waals surface area (Å²) in [6.07, 6.45) is 1.13. The lowest BCUT2D eigenvalue weighted by Gasteiger charge is -2.12. The lowest BCUT2D eigenvalue weighted by Crippen LogP contribution is -2.26. The van der Waals surface area contributed by atoms with Crippen LogP contribution in [0.4, 0.5) is 0 Å². The van der Waals surface area contributed by atoms with Gasteiger partial charge in [-0.2, -0.15) is 0 Å². The molecule has 1 saturated heterocycles. The molecule has 1 aliphatic rings. The third-order valence-corrected chi connectivity index (χ3v) is 5.91. The van der Waals surface area contributed by atoms with Gasteiger partial charge in [0, 0.05) is 20.8 Å². The van der Waals surface area contributed by atoms with Gasteiger partial charge < -0.3 is 4.65 Å². The quantitative estimate of drug-likeness (QED) is 0.603. The highest BCUT2D eigenvalue weighted by atomic mass is 32.1. The maximum Gasteiger partial charge on any atom is 0.337 e. The average molecular weight is 286 g/mol. The first-order valence-electron chi connectivity index (χ1n) is 6.63. The SMILES string of the molecule is CC1(C)COB(c2cc3cc4sccc4cc3s2)C1. The highest BCUT2D eigenvalue weighted by Gasteiger charge is 2.37. The van der Waals surface area contributed by atoms with E-state index in [2.05, 4.69) is 43.5 Å². The van der Waals surface area contributed by atoms with Crippen LogP contribution >= 0.6 is 22.7 Å². The molecule has 1 fully saturated rings. The molecule has 0 atom stereocenters. The molecule has 96 valence electrons. The summed E-state index contributed by atoms with van der Waals surface area (Å²) in [7, 11) is 0. The average Bonchev–Trinajstić information content (AvgIpc) is 3.02. The monoisotopic (exact) mass is 286 g/mol. The maximum absolute atomic E-state index is 5.98. The molecule has 19 heavy (non-hydrogen) atoms. The summed E-state index contributed by atoms with van der Waals surface area (Å²) < 4.78 is 10.1. The van der Waals surface area contributed by atoms with Crippen LogP contribution < -0.4 is 4.78 Å². The molecule has 0 spiro atoms. The van der Waals surface area contributed by atoms with Gasteiger partial charge in [-0.05, 0) is 52.2 Å². The fourth-order valence-corrected chi connectivity index (χ4v) is 4.77. The number of hydrogen-bond acceptors (Lipinski definition) is 3. The molecule has 1 aromatic carbocycles. The minimum absolute atomic E-state index is 0.297. The molecule has 0 unspecified atom stereocenters. The Bertz CT molecular complexity index is 708. The van der Waals surface area contributed by atoms with Crippen LogP contribution in [0.2, 0.25) is 6.32 Å². The van der Waals surface area contributed by atoms with Crippen molar-refractivity contribution < 1.29 is 4.65 Å². The Hall–Kier alpha value is -0.835. The van der Waals surface area contributed by atoms with Gasteiger partial charge in [0.2, 0.25) is 0 Å². The molecule has 2 aromatic heterocycles. The molecular formula is C15H15BOS2. The molecule has 1 nitrogen and oxygen atoms in total. The van der Waals surface area contributed by atoms with E-state index < -0.39 is 0 Å². The van der Waals surface area contributed by atoms with E-state index in [0.717, 1.165) is 12.9 Å². The predicted octanol–water partition coefficient (Wildman–Crippen LogP) is 4.37. The number of thiophene rings is 2. The van der Waals surface area contributed by atoms with Gasteiger partial charge in [-0.1, -0.05) is 13.8 Å². The van der Waals surface area contributed by atoms with Gasteiger partial charge >= 0.3 is 6.92 Å². The molecule has 0 radical (unpaired) electrons. The standard InChI is InChI=1S/C15H15BOS2/c1-15(2)8-16(17-9-15)14-7-11-6-12-10(3-4-18-12)5-13(11)19-14/h3-7H,8-9H2,1-2H3. The van der Waals surface area contributed by atoms with Crippen molar-refractivity contribution in [2.75, 3.05) is 6.61 Å². The van der Waals surface area contributed by atoms with E-state index in [9.17, 15) is 0 Å². The highest BCUT2D eigenvalue weighted by molar-refractivity contribution is 7.28. The number of hydrogen-bond donors (Lipinski definition) is 0. The van der Waals surface area contributed by atoms with E-state index >= 15 is 0 Å². The Labute approximate surface area is 121 Å². The molecule has 3 aromatic rings. The van der Waals surface area contributed by atoms with Gasteiger partial charge in [0.05, 0.1) is 0 Å². The zero-order chi connectivity index (χ0) is 13.0. The Kier molecular flexibility index (Phi) is 2.56. The number of benzene rings is 1. The Morgan fingerprint density at radius 3 is 2.79 bits per heavy atom. The van der Waals surface area contributed by atoms with E-state index in [-0.39, 0.29) is 0 Å². The van der Waals surface area contributed by atoms with Crippen molar-refractivity contribution in [3.8, 4) is 0 Å². The van der Waals surface area contributed by atoms with Crippen LogP contribution in [0.5, 0.6) is 0 Å². The van der Waals surface area contributed by atoms with Gasteiger partial charge in [0.25, 0.3) is 0 Å². The van der Waals surface area contributed by atoms with Gasteiger partial charge in [0.1, 0.15) is 0 Å². The van der Waals surface area contributed by atoms with Crippen molar-refractivity contribution in [3.05, 3.63) is 29.6 Å². The van der Waals surface area contributed by atoms with Crippen LogP contribution in [0.25, 0.3) is 20.2 Å². The van der Waals surface area contributed by atoms with Crippen LogP contribution in [-0.4, -0.2) is 13.5 Å². The van der Waals surface area contributed by atoms with Crippen LogP contribution in [0.15, 0.2) is 29.6 Å². The topological polar surface area (TPSA) is 9.23 Å². The van der Waals surface area contributed by atoms with E-state index in [1.54, 1.807) is 0 Å². The van der Waals surface area contributed by atoms with Crippen LogP contribution in [0, 0.1) is 5.41 Å². The van der Waals surface area contributed by atoms with E-state index in [0.29, 0.717) is 12.3 Å². The van der Waals surface area contributed by atoms with Gasteiger partial charge in [-0.3, -0.25) is 0 Å². The molecule has 4 rings (SSSR count). The maximum atomic E-state index is 5.98.